The zero-order valence-corrected chi connectivity index (χ0v) is 13.9. The van der Waals surface area contributed by atoms with Crippen LogP contribution in [0.5, 0.6) is 5.75 Å². The SMILES string of the molecule is COc1ccccc1S(=O)(=O)N(Cc1ccccc1)C(C)C. The van der Waals surface area contributed by atoms with E-state index in [-0.39, 0.29) is 10.9 Å². The summed E-state index contributed by atoms with van der Waals surface area (Å²) in [5.74, 6) is 0.362. The minimum absolute atomic E-state index is 0.157. The first-order chi connectivity index (χ1) is 10.5. The van der Waals surface area contributed by atoms with Crippen molar-refractivity contribution in [2.24, 2.45) is 0 Å². The summed E-state index contributed by atoms with van der Waals surface area (Å²) in [6.45, 7) is 4.07. The van der Waals surface area contributed by atoms with Crippen LogP contribution in [0.2, 0.25) is 0 Å². The lowest BCUT2D eigenvalue weighted by Crippen LogP contribution is -2.36. The topological polar surface area (TPSA) is 46.6 Å². The number of benzene rings is 2. The first-order valence-electron chi connectivity index (χ1n) is 7.15. The number of para-hydroxylation sites is 1. The fourth-order valence-corrected chi connectivity index (χ4v) is 4.05. The molecule has 0 unspecified atom stereocenters. The van der Waals surface area contributed by atoms with Gasteiger partial charge in [-0.3, -0.25) is 0 Å². The van der Waals surface area contributed by atoms with E-state index in [1.54, 1.807) is 24.3 Å². The Kier molecular flexibility index (Phi) is 5.21. The highest BCUT2D eigenvalue weighted by molar-refractivity contribution is 7.89. The van der Waals surface area contributed by atoms with Crippen molar-refractivity contribution in [1.29, 1.82) is 0 Å². The summed E-state index contributed by atoms with van der Waals surface area (Å²) in [5.41, 5.74) is 0.953. The Balaban J connectivity index is 2.43. The van der Waals surface area contributed by atoms with Crippen LogP contribution >= 0.6 is 0 Å². The summed E-state index contributed by atoms with van der Waals surface area (Å²) in [6.07, 6.45) is 0. The highest BCUT2D eigenvalue weighted by Crippen LogP contribution is 2.28. The number of hydrogen-bond donors (Lipinski definition) is 0. The Morgan fingerprint density at radius 3 is 2.18 bits per heavy atom. The van der Waals surface area contributed by atoms with E-state index in [4.69, 9.17) is 4.74 Å². The molecule has 0 aliphatic carbocycles. The second-order valence-electron chi connectivity index (χ2n) is 5.28. The van der Waals surface area contributed by atoms with Gasteiger partial charge in [0.2, 0.25) is 10.0 Å². The molecule has 118 valence electrons. The van der Waals surface area contributed by atoms with E-state index in [1.165, 1.54) is 11.4 Å². The third kappa shape index (κ3) is 3.48. The molecule has 0 amide bonds. The fourth-order valence-electron chi connectivity index (χ4n) is 2.27. The summed E-state index contributed by atoms with van der Waals surface area (Å²) in [7, 11) is -2.16. The predicted octanol–water partition coefficient (Wildman–Crippen LogP) is 3.29. The summed E-state index contributed by atoms with van der Waals surface area (Å²) >= 11 is 0. The highest BCUT2D eigenvalue weighted by Gasteiger charge is 2.29. The van der Waals surface area contributed by atoms with Crippen molar-refractivity contribution in [2.75, 3.05) is 7.11 Å². The molecule has 0 heterocycles. The van der Waals surface area contributed by atoms with Gasteiger partial charge in [-0.25, -0.2) is 8.42 Å². The molecule has 0 aliphatic rings. The number of methoxy groups -OCH3 is 1. The minimum Gasteiger partial charge on any atom is -0.495 e. The molecule has 0 bridgehead atoms. The molecular formula is C17H21NO3S. The molecule has 22 heavy (non-hydrogen) atoms. The van der Waals surface area contributed by atoms with Gasteiger partial charge in [-0.1, -0.05) is 42.5 Å². The predicted molar refractivity (Wildman–Crippen MR) is 87.3 cm³/mol. The zero-order chi connectivity index (χ0) is 16.2. The van der Waals surface area contributed by atoms with Crippen molar-refractivity contribution < 1.29 is 13.2 Å². The number of rotatable bonds is 6. The Morgan fingerprint density at radius 1 is 1.00 bits per heavy atom. The molecule has 0 saturated carbocycles. The van der Waals surface area contributed by atoms with Crippen LogP contribution in [0, 0.1) is 0 Å². The van der Waals surface area contributed by atoms with Gasteiger partial charge in [0, 0.05) is 12.6 Å². The Bertz CT molecular complexity index is 712. The molecule has 0 radical (unpaired) electrons. The van der Waals surface area contributed by atoms with Crippen LogP contribution in [0.1, 0.15) is 19.4 Å². The molecule has 2 aromatic rings. The van der Waals surface area contributed by atoms with Crippen LogP contribution < -0.4 is 4.74 Å². The van der Waals surface area contributed by atoms with Gasteiger partial charge in [-0.05, 0) is 31.5 Å². The third-order valence-corrected chi connectivity index (χ3v) is 5.47. The van der Waals surface area contributed by atoms with Gasteiger partial charge in [0.05, 0.1) is 7.11 Å². The maximum absolute atomic E-state index is 13.0. The first kappa shape index (κ1) is 16.5. The van der Waals surface area contributed by atoms with Crippen molar-refractivity contribution in [1.82, 2.24) is 4.31 Å². The summed E-state index contributed by atoms with van der Waals surface area (Å²) in [4.78, 5) is 0.196. The monoisotopic (exact) mass is 319 g/mol. The van der Waals surface area contributed by atoms with E-state index in [0.717, 1.165) is 5.56 Å². The third-order valence-electron chi connectivity index (χ3n) is 3.41. The zero-order valence-electron chi connectivity index (χ0n) is 13.1. The second-order valence-corrected chi connectivity index (χ2v) is 7.14. The fraction of sp³-hybridized carbons (Fsp3) is 0.294. The average Bonchev–Trinajstić information content (AvgIpc) is 2.53. The molecule has 0 saturated heterocycles. The van der Waals surface area contributed by atoms with E-state index in [0.29, 0.717) is 12.3 Å². The van der Waals surface area contributed by atoms with Crippen LogP contribution in [0.3, 0.4) is 0 Å². The lowest BCUT2D eigenvalue weighted by Gasteiger charge is -2.26. The molecule has 0 atom stereocenters. The van der Waals surface area contributed by atoms with Crippen molar-refractivity contribution in [3.8, 4) is 5.75 Å². The highest BCUT2D eigenvalue weighted by atomic mass is 32.2. The maximum atomic E-state index is 13.0. The van der Waals surface area contributed by atoms with Crippen molar-refractivity contribution in [3.63, 3.8) is 0 Å². The van der Waals surface area contributed by atoms with E-state index < -0.39 is 10.0 Å². The molecule has 2 aromatic carbocycles. The summed E-state index contributed by atoms with van der Waals surface area (Å²) < 4.78 is 32.7. The number of sulfonamides is 1. The quantitative estimate of drug-likeness (QED) is 0.821. The van der Waals surface area contributed by atoms with Gasteiger partial charge in [0.15, 0.2) is 0 Å². The van der Waals surface area contributed by atoms with Gasteiger partial charge in [-0.2, -0.15) is 4.31 Å². The molecule has 0 fully saturated rings. The van der Waals surface area contributed by atoms with Crippen LogP contribution in [0.4, 0.5) is 0 Å². The molecule has 4 nitrogen and oxygen atoms in total. The van der Waals surface area contributed by atoms with Crippen LogP contribution in [-0.2, 0) is 16.6 Å². The van der Waals surface area contributed by atoms with E-state index in [2.05, 4.69) is 0 Å². The Morgan fingerprint density at radius 2 is 1.59 bits per heavy atom. The number of nitrogens with zero attached hydrogens (tertiary/aromatic N) is 1. The van der Waals surface area contributed by atoms with E-state index in [9.17, 15) is 8.42 Å². The van der Waals surface area contributed by atoms with Gasteiger partial charge in [0.1, 0.15) is 10.6 Å². The number of ether oxygens (including phenoxy) is 1. The van der Waals surface area contributed by atoms with Crippen molar-refractivity contribution in [3.05, 3.63) is 60.2 Å². The molecule has 0 N–H and O–H groups in total. The van der Waals surface area contributed by atoms with E-state index >= 15 is 0 Å². The average molecular weight is 319 g/mol. The first-order valence-corrected chi connectivity index (χ1v) is 8.59. The Labute approximate surface area is 132 Å². The summed E-state index contributed by atoms with van der Waals surface area (Å²) in [6, 6.07) is 16.1. The maximum Gasteiger partial charge on any atom is 0.247 e. The lowest BCUT2D eigenvalue weighted by atomic mass is 10.2. The van der Waals surface area contributed by atoms with Crippen LogP contribution in [-0.4, -0.2) is 25.9 Å². The largest absolute Gasteiger partial charge is 0.495 e. The van der Waals surface area contributed by atoms with Crippen LogP contribution in [0.25, 0.3) is 0 Å². The minimum atomic E-state index is -3.63. The van der Waals surface area contributed by atoms with E-state index in [1.807, 2.05) is 44.2 Å². The summed E-state index contributed by atoms with van der Waals surface area (Å²) in [5, 5.41) is 0. The van der Waals surface area contributed by atoms with Crippen LogP contribution in [0.15, 0.2) is 59.5 Å². The second kappa shape index (κ2) is 6.94. The number of hydrogen-bond acceptors (Lipinski definition) is 3. The van der Waals surface area contributed by atoms with Gasteiger partial charge < -0.3 is 4.74 Å². The standard InChI is InChI=1S/C17H21NO3S/c1-14(2)18(13-15-9-5-4-6-10-15)22(19,20)17-12-8-7-11-16(17)21-3/h4-12,14H,13H2,1-3H3. The van der Waals surface area contributed by atoms with Gasteiger partial charge in [-0.15, -0.1) is 0 Å². The molecule has 0 spiro atoms. The molecule has 0 aliphatic heterocycles. The van der Waals surface area contributed by atoms with Crippen molar-refractivity contribution >= 4 is 10.0 Å². The smallest absolute Gasteiger partial charge is 0.247 e. The lowest BCUT2D eigenvalue weighted by molar-refractivity contribution is 0.343. The van der Waals surface area contributed by atoms with Crippen molar-refractivity contribution in [2.45, 2.75) is 31.3 Å². The molecule has 2 rings (SSSR count). The Hall–Kier alpha value is -1.85. The normalized spacial score (nSPS) is 11.9. The molecule has 5 heteroatoms. The van der Waals surface area contributed by atoms with Gasteiger partial charge >= 0.3 is 0 Å². The van der Waals surface area contributed by atoms with Gasteiger partial charge in [0.25, 0.3) is 0 Å². The molecular weight excluding hydrogens is 298 g/mol. The molecule has 0 aromatic heterocycles.